The molecule has 4 atom stereocenters. The molecule has 5 aromatic rings. The van der Waals surface area contributed by atoms with Gasteiger partial charge in [0.15, 0.2) is 0 Å². The zero-order valence-electron chi connectivity index (χ0n) is 43.2. The van der Waals surface area contributed by atoms with E-state index in [4.69, 9.17) is 24.4 Å². The van der Waals surface area contributed by atoms with Crippen LogP contribution in [0.15, 0.2) is 54.9 Å². The van der Waals surface area contributed by atoms with Crippen molar-refractivity contribution in [3.8, 4) is 46.5 Å². The Morgan fingerprint density at radius 1 is 0.778 bits per heavy atom. The molecule has 4 amide bonds. The topological polar surface area (TPSA) is 188 Å². The number of imidazole rings is 2. The van der Waals surface area contributed by atoms with Gasteiger partial charge in [0.1, 0.15) is 23.7 Å². The second-order valence-corrected chi connectivity index (χ2v) is 20.7. The number of pyridine rings is 1. The van der Waals surface area contributed by atoms with Crippen molar-refractivity contribution in [2.24, 2.45) is 17.3 Å². The molecule has 2 aliphatic heterocycles. The van der Waals surface area contributed by atoms with Crippen LogP contribution >= 0.6 is 0 Å². The molecule has 2 saturated heterocycles. The summed E-state index contributed by atoms with van der Waals surface area (Å²) in [7, 11) is 2.61. The molecule has 9 rings (SSSR count). The molecule has 2 aliphatic carbocycles. The van der Waals surface area contributed by atoms with Crippen molar-refractivity contribution in [2.75, 3.05) is 27.3 Å². The first kappa shape index (κ1) is 51.4. The van der Waals surface area contributed by atoms with Crippen molar-refractivity contribution in [1.82, 2.24) is 45.4 Å². The van der Waals surface area contributed by atoms with Crippen LogP contribution in [0.2, 0.25) is 0 Å². The number of carbonyl (C=O) groups is 4. The minimum absolute atomic E-state index is 0.117. The summed E-state index contributed by atoms with van der Waals surface area (Å²) in [4.78, 5) is 78.4. The molecule has 1 spiro atoms. The monoisotopic (exact) mass is 978 g/mol. The van der Waals surface area contributed by atoms with Gasteiger partial charge in [-0.2, -0.15) is 0 Å². The summed E-state index contributed by atoms with van der Waals surface area (Å²) < 4.78 is 9.68. The molecular formula is C57H71N9O6. The fourth-order valence-electron chi connectivity index (χ4n) is 11.9. The molecule has 4 unspecified atom stereocenters. The van der Waals surface area contributed by atoms with Crippen LogP contribution in [-0.2, 0) is 38.3 Å². The van der Waals surface area contributed by atoms with Crippen LogP contribution in [0.4, 0.5) is 9.59 Å². The van der Waals surface area contributed by atoms with Crippen LogP contribution in [0.3, 0.4) is 0 Å². The number of aromatic amines is 2. The highest BCUT2D eigenvalue weighted by atomic mass is 16.5. The lowest BCUT2D eigenvalue weighted by molar-refractivity contribution is -0.136. The Hall–Kier alpha value is -6.95. The number of hydrogen-bond donors (Lipinski definition) is 4. The number of methoxy groups -OCH3 is 2. The summed E-state index contributed by atoms with van der Waals surface area (Å²) in [5.41, 5.74) is 13.5. The van der Waals surface area contributed by atoms with Crippen LogP contribution in [0.1, 0.15) is 132 Å². The summed E-state index contributed by atoms with van der Waals surface area (Å²) in [6.45, 7) is 13.1. The van der Waals surface area contributed by atoms with E-state index in [2.05, 4.69) is 96.0 Å². The molecule has 15 heteroatoms. The molecule has 0 radical (unpaired) electrons. The highest BCUT2D eigenvalue weighted by molar-refractivity contribution is 5.88. The van der Waals surface area contributed by atoms with Gasteiger partial charge in [-0.3, -0.25) is 14.6 Å². The van der Waals surface area contributed by atoms with E-state index in [1.807, 2.05) is 43.7 Å². The maximum Gasteiger partial charge on any atom is 0.407 e. The summed E-state index contributed by atoms with van der Waals surface area (Å²) in [6, 6.07) is 8.99. The van der Waals surface area contributed by atoms with E-state index in [0.29, 0.717) is 13.1 Å². The molecule has 3 aromatic heterocycles. The number of likely N-dealkylation sites (tertiary alicyclic amines) is 2. The Morgan fingerprint density at radius 3 is 1.97 bits per heavy atom. The second-order valence-electron chi connectivity index (χ2n) is 20.7. The average molecular weight is 978 g/mol. The van der Waals surface area contributed by atoms with E-state index < -0.39 is 24.3 Å². The number of terminal acetylenes is 1. The minimum Gasteiger partial charge on any atom is -0.453 e. The highest BCUT2D eigenvalue weighted by Gasteiger charge is 2.43. The van der Waals surface area contributed by atoms with E-state index in [1.165, 1.54) is 56.6 Å². The first-order valence-corrected chi connectivity index (χ1v) is 25.7. The quantitative estimate of drug-likeness (QED) is 0.0658. The molecule has 3 fully saturated rings. The first-order valence-electron chi connectivity index (χ1n) is 25.7. The number of aromatic nitrogens is 5. The first-order chi connectivity index (χ1) is 34.7. The van der Waals surface area contributed by atoms with Crippen LogP contribution in [-0.4, -0.2) is 98.1 Å². The summed E-state index contributed by atoms with van der Waals surface area (Å²) in [5, 5.41) is 5.50. The van der Waals surface area contributed by atoms with E-state index >= 15 is 0 Å². The third-order valence-corrected chi connectivity index (χ3v) is 15.7. The second kappa shape index (κ2) is 21.8. The highest BCUT2D eigenvalue weighted by Crippen LogP contribution is 2.53. The van der Waals surface area contributed by atoms with E-state index in [0.717, 1.165) is 107 Å². The predicted molar refractivity (Wildman–Crippen MR) is 280 cm³/mol. The SMILES string of the molecule is C#C.CC=CCc1c(-c2ncc(-c3ccc4nc(C5CCCN5C(=O)C(NC(=O)OC)C(C)C)[nH]c4c3)c3c2CC2(CCCC2)C3)ccc(-c2cnc(C3CCCN3C(=O)C(NC(=O)OC)C(C)C)[nH]2)c1C. The summed E-state index contributed by atoms with van der Waals surface area (Å²) in [6.07, 6.45) is 26.0. The van der Waals surface area contributed by atoms with Gasteiger partial charge in [-0.1, -0.05) is 70.9 Å². The number of alkyl carbamates (subject to hydrolysis) is 2. The van der Waals surface area contributed by atoms with E-state index in [9.17, 15) is 19.2 Å². The maximum absolute atomic E-state index is 13.9. The molecule has 4 aliphatic rings. The van der Waals surface area contributed by atoms with Crippen molar-refractivity contribution >= 4 is 35.0 Å². The molecule has 72 heavy (non-hydrogen) atoms. The van der Waals surface area contributed by atoms with Gasteiger partial charge in [0.05, 0.1) is 54.9 Å². The van der Waals surface area contributed by atoms with Crippen LogP contribution in [0, 0.1) is 37.0 Å². The normalized spacial score (nSPS) is 18.9. The van der Waals surface area contributed by atoms with Gasteiger partial charge in [-0.25, -0.2) is 19.6 Å². The largest absolute Gasteiger partial charge is 0.453 e. The zero-order valence-corrected chi connectivity index (χ0v) is 43.2. The summed E-state index contributed by atoms with van der Waals surface area (Å²) >= 11 is 0. The number of carbonyl (C=O) groups excluding carboxylic acids is 4. The minimum atomic E-state index is -0.705. The summed E-state index contributed by atoms with van der Waals surface area (Å²) in [5.74, 6) is 0.988. The van der Waals surface area contributed by atoms with E-state index in [1.54, 1.807) is 0 Å². The van der Waals surface area contributed by atoms with Crippen molar-refractivity contribution in [3.63, 3.8) is 0 Å². The number of nitrogens with zero attached hydrogens (tertiary/aromatic N) is 5. The Labute approximate surface area is 423 Å². The lowest BCUT2D eigenvalue weighted by Crippen LogP contribution is -2.51. The van der Waals surface area contributed by atoms with Crippen molar-refractivity contribution < 1.29 is 28.7 Å². The van der Waals surface area contributed by atoms with Crippen molar-refractivity contribution in [3.05, 3.63) is 88.8 Å². The number of nitrogens with one attached hydrogen (secondary N) is 4. The zero-order chi connectivity index (χ0) is 51.4. The number of allylic oxidation sites excluding steroid dienone is 2. The van der Waals surface area contributed by atoms with Gasteiger partial charge in [0, 0.05) is 36.0 Å². The van der Waals surface area contributed by atoms with Gasteiger partial charge < -0.3 is 39.9 Å². The molecule has 2 aromatic carbocycles. The molecule has 5 heterocycles. The number of amides is 4. The fraction of sp³-hybridized carbons (Fsp3) is 0.491. The van der Waals surface area contributed by atoms with Crippen molar-refractivity contribution in [1.29, 1.82) is 0 Å². The standard InChI is InChI=1S/C55H69N9O6.C2H2/c1-9-10-15-35-33(6)36(43-30-57-49(60-43)44-16-13-24-63(44)51(65)46(31(2)3)61-53(67)69-7)19-20-37(35)48-39-28-55(22-11-12-23-55)27-38(39)40(29-56-48)34-18-21-41-42(26-34)59-50(58-41)45-17-14-25-64(45)52(66)47(32(4)5)62-54(68)70-8;1-2/h9-10,18-21,26,29-32,44-47H,11-17,22-25,27-28H2,1-8H3,(H,57,60)(H,58,59)(H,61,67)(H,62,68);1-2H. The van der Waals surface area contributed by atoms with Gasteiger partial charge in [-0.15, -0.1) is 12.8 Å². The molecule has 15 nitrogen and oxygen atoms in total. The van der Waals surface area contributed by atoms with Crippen LogP contribution < -0.4 is 10.6 Å². The number of rotatable bonds is 13. The predicted octanol–water partition coefficient (Wildman–Crippen LogP) is 10.1. The Kier molecular flexibility index (Phi) is 15.6. The number of ether oxygens (including phenoxy) is 2. The van der Waals surface area contributed by atoms with Gasteiger partial charge in [0.25, 0.3) is 0 Å². The molecule has 380 valence electrons. The smallest absolute Gasteiger partial charge is 0.407 e. The van der Waals surface area contributed by atoms with E-state index in [-0.39, 0.29) is 41.1 Å². The third kappa shape index (κ3) is 9.97. The number of H-pyrrole nitrogens is 2. The number of hydrogen-bond acceptors (Lipinski definition) is 9. The lowest BCUT2D eigenvalue weighted by Gasteiger charge is -2.30. The van der Waals surface area contributed by atoms with Crippen LogP contribution in [0.25, 0.3) is 44.7 Å². The number of benzene rings is 2. The molecular weight excluding hydrogens is 907 g/mol. The Balaban J connectivity index is 0.00000342. The van der Waals surface area contributed by atoms with Gasteiger partial charge in [0.2, 0.25) is 11.8 Å². The fourth-order valence-corrected chi connectivity index (χ4v) is 11.9. The number of fused-ring (bicyclic) bond motifs is 2. The lowest BCUT2D eigenvalue weighted by atomic mass is 9.82. The average Bonchev–Trinajstić information content (AvgIpc) is 4.26. The third-order valence-electron chi connectivity index (χ3n) is 15.7. The molecule has 1 saturated carbocycles. The maximum atomic E-state index is 13.9. The Morgan fingerprint density at radius 2 is 1.38 bits per heavy atom. The Bertz CT molecular complexity index is 2870. The van der Waals surface area contributed by atoms with Gasteiger partial charge in [-0.05, 0) is 129 Å². The molecule has 4 N–H and O–H groups in total. The van der Waals surface area contributed by atoms with Crippen molar-refractivity contribution in [2.45, 2.75) is 136 Å². The van der Waals surface area contributed by atoms with Gasteiger partial charge >= 0.3 is 12.2 Å². The van der Waals surface area contributed by atoms with Crippen LogP contribution in [0.5, 0.6) is 0 Å². The molecule has 0 bridgehead atoms.